The summed E-state index contributed by atoms with van der Waals surface area (Å²) in [6, 6.07) is 4.14. The second-order valence-electron chi connectivity index (χ2n) is 5.43. The minimum Gasteiger partial charge on any atom is -0.325 e. The lowest BCUT2D eigenvalue weighted by molar-refractivity contribution is -0.137. The van der Waals surface area contributed by atoms with Crippen LogP contribution in [-0.4, -0.2) is 37.4 Å². The third-order valence-electron chi connectivity index (χ3n) is 3.31. The van der Waals surface area contributed by atoms with Gasteiger partial charge in [-0.15, -0.1) is 15.3 Å². The first-order chi connectivity index (χ1) is 13.7. The summed E-state index contributed by atoms with van der Waals surface area (Å²) in [6.45, 7) is 1.66. The number of alkyl halides is 3. The molecule has 1 aromatic carbocycles. The fourth-order valence-electron chi connectivity index (χ4n) is 1.98. The first-order valence-corrected chi connectivity index (χ1v) is 10.3. The molecule has 2 amide bonds. The third kappa shape index (κ3) is 5.71. The molecule has 0 radical (unpaired) electrons. The van der Waals surface area contributed by atoms with Gasteiger partial charge < -0.3 is 5.32 Å². The summed E-state index contributed by atoms with van der Waals surface area (Å²) in [5.41, 5.74) is -0.0356. The van der Waals surface area contributed by atoms with Crippen molar-refractivity contribution in [3.05, 3.63) is 40.4 Å². The minimum atomic E-state index is -4.43. The standard InChI is InChI=1S/C15H11F3N6O2S3/c1-7-11(29-24-21-7)12(26)20-13-22-23-14(28-13)27-6-10(25)19-9-4-2-8(3-5-9)15(16,17)18/h2-5H,6H2,1H3,(H,19,25)(H,20,22,26). The van der Waals surface area contributed by atoms with Crippen LogP contribution in [0.4, 0.5) is 24.0 Å². The van der Waals surface area contributed by atoms with Crippen molar-refractivity contribution in [3.63, 3.8) is 0 Å². The van der Waals surface area contributed by atoms with E-state index in [4.69, 9.17) is 0 Å². The summed E-state index contributed by atoms with van der Waals surface area (Å²) in [7, 11) is 0. The normalized spacial score (nSPS) is 11.3. The number of thioether (sulfide) groups is 1. The van der Waals surface area contributed by atoms with Crippen LogP contribution in [0.25, 0.3) is 0 Å². The van der Waals surface area contributed by atoms with E-state index in [1.165, 1.54) is 12.1 Å². The van der Waals surface area contributed by atoms with Crippen molar-refractivity contribution in [3.8, 4) is 0 Å². The van der Waals surface area contributed by atoms with E-state index in [9.17, 15) is 22.8 Å². The Morgan fingerprint density at radius 2 is 1.83 bits per heavy atom. The third-order valence-corrected chi connectivity index (χ3v) is 6.11. The van der Waals surface area contributed by atoms with Crippen LogP contribution in [0.5, 0.6) is 0 Å². The topological polar surface area (TPSA) is 110 Å². The van der Waals surface area contributed by atoms with Gasteiger partial charge in [0, 0.05) is 5.69 Å². The Morgan fingerprint density at radius 1 is 1.10 bits per heavy atom. The molecule has 2 N–H and O–H groups in total. The SMILES string of the molecule is Cc1nnsc1C(=O)Nc1nnc(SCC(=O)Nc2ccc(C(F)(F)F)cc2)s1. The number of halogens is 3. The fraction of sp³-hybridized carbons (Fsp3) is 0.200. The number of aryl methyl sites for hydroxylation is 1. The van der Waals surface area contributed by atoms with Crippen molar-refractivity contribution < 1.29 is 22.8 Å². The van der Waals surface area contributed by atoms with Gasteiger partial charge in [-0.2, -0.15) is 13.2 Å². The Kier molecular flexibility index (Phi) is 6.44. The number of carbonyl (C=O) groups excluding carboxylic acids is 2. The molecule has 0 bridgehead atoms. The molecule has 152 valence electrons. The molecule has 0 unspecified atom stereocenters. The van der Waals surface area contributed by atoms with Crippen LogP contribution in [0, 0.1) is 6.92 Å². The van der Waals surface area contributed by atoms with Crippen molar-refractivity contribution in [2.45, 2.75) is 17.4 Å². The number of anilines is 2. The molecule has 29 heavy (non-hydrogen) atoms. The van der Waals surface area contributed by atoms with Crippen LogP contribution in [-0.2, 0) is 11.0 Å². The lowest BCUT2D eigenvalue weighted by Crippen LogP contribution is -2.14. The number of aromatic nitrogens is 4. The van der Waals surface area contributed by atoms with Gasteiger partial charge in [0.15, 0.2) is 4.34 Å². The molecule has 0 aliphatic carbocycles. The highest BCUT2D eigenvalue weighted by molar-refractivity contribution is 8.01. The predicted molar refractivity (Wildman–Crippen MR) is 103 cm³/mol. The molecule has 8 nitrogen and oxygen atoms in total. The average molecular weight is 460 g/mol. The first kappa shape index (κ1) is 21.1. The summed E-state index contributed by atoms with van der Waals surface area (Å²) in [6.07, 6.45) is -4.43. The zero-order valence-electron chi connectivity index (χ0n) is 14.5. The molecule has 0 fully saturated rings. The van der Waals surface area contributed by atoms with E-state index in [2.05, 4.69) is 30.4 Å². The molecular formula is C15H11F3N6O2S3. The number of hydrogen-bond donors (Lipinski definition) is 2. The number of nitrogens with one attached hydrogen (secondary N) is 2. The fourth-order valence-corrected chi connectivity index (χ4v) is 4.08. The van der Waals surface area contributed by atoms with E-state index in [0.717, 1.165) is 46.8 Å². The second kappa shape index (κ2) is 8.84. The maximum atomic E-state index is 12.5. The van der Waals surface area contributed by atoms with Gasteiger partial charge in [0.25, 0.3) is 5.91 Å². The van der Waals surface area contributed by atoms with E-state index in [-0.39, 0.29) is 16.6 Å². The number of carbonyl (C=O) groups is 2. The van der Waals surface area contributed by atoms with Crippen molar-refractivity contribution in [2.24, 2.45) is 0 Å². The largest absolute Gasteiger partial charge is 0.416 e. The van der Waals surface area contributed by atoms with Crippen LogP contribution in [0.2, 0.25) is 0 Å². The second-order valence-corrected chi connectivity index (χ2v) is 8.38. The Labute approximate surface area is 174 Å². The minimum absolute atomic E-state index is 0.0263. The molecule has 0 aliphatic rings. The predicted octanol–water partition coefficient (Wildman–Crippen LogP) is 3.70. The molecule has 2 aromatic heterocycles. The first-order valence-electron chi connectivity index (χ1n) is 7.76. The van der Waals surface area contributed by atoms with Gasteiger partial charge in [-0.3, -0.25) is 14.9 Å². The maximum absolute atomic E-state index is 12.5. The van der Waals surface area contributed by atoms with Gasteiger partial charge in [-0.25, -0.2) is 0 Å². The Bertz CT molecular complexity index is 1020. The van der Waals surface area contributed by atoms with E-state index >= 15 is 0 Å². The lowest BCUT2D eigenvalue weighted by Gasteiger charge is -2.08. The molecule has 0 spiro atoms. The summed E-state index contributed by atoms with van der Waals surface area (Å²) < 4.78 is 41.7. The molecule has 2 heterocycles. The van der Waals surface area contributed by atoms with Crippen LogP contribution in [0.3, 0.4) is 0 Å². The highest BCUT2D eigenvalue weighted by Crippen LogP contribution is 2.30. The molecule has 3 aromatic rings. The van der Waals surface area contributed by atoms with E-state index in [1.807, 2.05) is 0 Å². The van der Waals surface area contributed by atoms with E-state index in [0.29, 0.717) is 14.9 Å². The molecule has 3 rings (SSSR count). The van der Waals surface area contributed by atoms with E-state index in [1.54, 1.807) is 6.92 Å². The monoisotopic (exact) mass is 460 g/mol. The number of rotatable bonds is 6. The highest BCUT2D eigenvalue weighted by Gasteiger charge is 2.30. The number of benzene rings is 1. The van der Waals surface area contributed by atoms with Crippen molar-refractivity contribution in [1.82, 2.24) is 19.8 Å². The summed E-state index contributed by atoms with van der Waals surface area (Å²) in [5.74, 6) is -0.839. The molecule has 0 atom stereocenters. The Balaban J connectivity index is 1.49. The van der Waals surface area contributed by atoms with Crippen molar-refractivity contribution in [2.75, 3.05) is 16.4 Å². The summed E-state index contributed by atoms with van der Waals surface area (Å²) in [4.78, 5) is 24.4. The van der Waals surface area contributed by atoms with Gasteiger partial charge in [0.1, 0.15) is 4.88 Å². The van der Waals surface area contributed by atoms with Gasteiger partial charge in [0.05, 0.1) is 17.0 Å². The Morgan fingerprint density at radius 3 is 2.45 bits per heavy atom. The number of amides is 2. The smallest absolute Gasteiger partial charge is 0.325 e. The quantitative estimate of drug-likeness (QED) is 0.426. The molecule has 0 saturated heterocycles. The molecule has 0 aliphatic heterocycles. The summed E-state index contributed by atoms with van der Waals surface area (Å²) >= 11 is 3.13. The average Bonchev–Trinajstić information content (AvgIpc) is 3.28. The van der Waals surface area contributed by atoms with Gasteiger partial charge in [-0.1, -0.05) is 27.6 Å². The van der Waals surface area contributed by atoms with Crippen LogP contribution >= 0.6 is 34.6 Å². The highest BCUT2D eigenvalue weighted by atomic mass is 32.2. The van der Waals surface area contributed by atoms with Gasteiger partial charge >= 0.3 is 6.18 Å². The molecular weight excluding hydrogens is 449 g/mol. The van der Waals surface area contributed by atoms with Crippen molar-refractivity contribution >= 4 is 57.3 Å². The van der Waals surface area contributed by atoms with Crippen LogP contribution in [0.15, 0.2) is 28.6 Å². The summed E-state index contributed by atoms with van der Waals surface area (Å²) in [5, 5.41) is 16.8. The zero-order valence-corrected chi connectivity index (χ0v) is 16.9. The maximum Gasteiger partial charge on any atom is 0.416 e. The lowest BCUT2D eigenvalue weighted by atomic mass is 10.2. The van der Waals surface area contributed by atoms with Crippen LogP contribution in [0.1, 0.15) is 20.9 Å². The van der Waals surface area contributed by atoms with Gasteiger partial charge in [-0.05, 0) is 42.7 Å². The van der Waals surface area contributed by atoms with Crippen LogP contribution < -0.4 is 10.6 Å². The van der Waals surface area contributed by atoms with Crippen molar-refractivity contribution in [1.29, 1.82) is 0 Å². The molecule has 0 saturated carbocycles. The number of nitrogens with zero attached hydrogens (tertiary/aromatic N) is 4. The van der Waals surface area contributed by atoms with E-state index < -0.39 is 23.6 Å². The zero-order chi connectivity index (χ0) is 21.0. The Hall–Kier alpha value is -2.58. The number of hydrogen-bond acceptors (Lipinski definition) is 9. The van der Waals surface area contributed by atoms with Gasteiger partial charge in [0.2, 0.25) is 11.0 Å². The molecule has 14 heteroatoms.